The van der Waals surface area contributed by atoms with Crippen LogP contribution >= 0.6 is 0 Å². The van der Waals surface area contributed by atoms with Gasteiger partial charge in [-0.2, -0.15) is 4.89 Å². The van der Waals surface area contributed by atoms with Crippen LogP contribution in [0.25, 0.3) is 0 Å². The van der Waals surface area contributed by atoms with Crippen LogP contribution in [0.15, 0.2) is 12.3 Å². The van der Waals surface area contributed by atoms with Gasteiger partial charge in [-0.1, -0.05) is 20.4 Å². The standard InChI is InChI=1S/C22H34O6/c1-13-7-18-20(26-18)9-16(13)11-24-22(23)6-4-5-15(3)28-25-12-17-10-21-19(27-21)8-14(17)2/h13-14,16-21H,3-12H2,1-2H3. The van der Waals surface area contributed by atoms with E-state index < -0.39 is 0 Å². The summed E-state index contributed by atoms with van der Waals surface area (Å²) in [5.41, 5.74) is 0. The van der Waals surface area contributed by atoms with Gasteiger partial charge in [0.15, 0.2) is 0 Å². The van der Waals surface area contributed by atoms with Crippen LogP contribution in [0.4, 0.5) is 0 Å². The molecule has 4 rings (SSSR count). The molecule has 28 heavy (non-hydrogen) atoms. The summed E-state index contributed by atoms with van der Waals surface area (Å²) in [5, 5.41) is 0. The van der Waals surface area contributed by atoms with Crippen molar-refractivity contribution in [3.8, 4) is 0 Å². The van der Waals surface area contributed by atoms with Gasteiger partial charge in [-0.25, -0.2) is 0 Å². The van der Waals surface area contributed by atoms with E-state index in [0.29, 0.717) is 86.3 Å². The normalized spacial score (nSPS) is 40.8. The van der Waals surface area contributed by atoms with Crippen molar-refractivity contribution in [2.24, 2.45) is 23.7 Å². The third kappa shape index (κ3) is 5.28. The second kappa shape index (κ2) is 8.72. The largest absolute Gasteiger partial charge is 0.465 e. The summed E-state index contributed by atoms with van der Waals surface area (Å²) in [5.74, 6) is 2.48. The molecule has 6 nitrogen and oxygen atoms in total. The van der Waals surface area contributed by atoms with Crippen molar-refractivity contribution in [2.45, 2.75) is 83.2 Å². The second-order valence-electron chi connectivity index (χ2n) is 9.29. The van der Waals surface area contributed by atoms with Crippen molar-refractivity contribution >= 4 is 5.97 Å². The molecule has 0 N–H and O–H groups in total. The van der Waals surface area contributed by atoms with Crippen molar-refractivity contribution in [3.05, 3.63) is 12.3 Å². The smallest absolute Gasteiger partial charge is 0.305 e. The number of rotatable bonds is 10. The SMILES string of the molecule is C=C(CCCC(=O)OCC1CC2OC2CC1C)OOCC1CC2OC2CC1C. The molecule has 2 saturated carbocycles. The molecule has 158 valence electrons. The van der Waals surface area contributed by atoms with E-state index in [0.717, 1.165) is 25.7 Å². The number of carbonyl (C=O) groups is 1. The summed E-state index contributed by atoms with van der Waals surface area (Å²) >= 11 is 0. The van der Waals surface area contributed by atoms with E-state index in [1.807, 2.05) is 0 Å². The average Bonchev–Trinajstić information content (AvgIpc) is 3.55. The van der Waals surface area contributed by atoms with E-state index in [1.54, 1.807) is 0 Å². The lowest BCUT2D eigenvalue weighted by molar-refractivity contribution is -0.274. The molecule has 0 spiro atoms. The average molecular weight is 395 g/mol. The number of carbonyl (C=O) groups excluding carboxylic acids is 1. The number of allylic oxidation sites excluding steroid dienone is 1. The van der Waals surface area contributed by atoms with Crippen LogP contribution in [-0.4, -0.2) is 43.6 Å². The first-order valence-corrected chi connectivity index (χ1v) is 10.9. The zero-order valence-electron chi connectivity index (χ0n) is 17.1. The number of fused-ring (bicyclic) bond motifs is 2. The molecule has 0 aromatic heterocycles. The maximum Gasteiger partial charge on any atom is 0.305 e. The Balaban J connectivity index is 1.03. The summed E-state index contributed by atoms with van der Waals surface area (Å²) in [4.78, 5) is 22.7. The summed E-state index contributed by atoms with van der Waals surface area (Å²) < 4.78 is 16.6. The topological polar surface area (TPSA) is 69.8 Å². The van der Waals surface area contributed by atoms with E-state index in [9.17, 15) is 4.79 Å². The predicted octanol–water partition coefficient (Wildman–Crippen LogP) is 3.79. The van der Waals surface area contributed by atoms with Gasteiger partial charge in [-0.05, 0) is 55.8 Å². The summed E-state index contributed by atoms with van der Waals surface area (Å²) in [6.07, 6.45) is 7.74. The molecule has 8 unspecified atom stereocenters. The molecule has 2 aliphatic heterocycles. The Morgan fingerprint density at radius 1 is 0.893 bits per heavy atom. The van der Waals surface area contributed by atoms with Crippen LogP contribution in [-0.2, 0) is 28.8 Å². The number of epoxide rings is 2. The lowest BCUT2D eigenvalue weighted by atomic mass is 9.81. The molecule has 0 bridgehead atoms. The molecule has 4 aliphatic rings. The zero-order valence-corrected chi connectivity index (χ0v) is 17.1. The Morgan fingerprint density at radius 3 is 2.11 bits per heavy atom. The Kier molecular flexibility index (Phi) is 6.28. The van der Waals surface area contributed by atoms with E-state index in [4.69, 9.17) is 24.0 Å². The van der Waals surface area contributed by atoms with E-state index in [-0.39, 0.29) is 5.97 Å². The minimum atomic E-state index is -0.144. The molecule has 8 atom stereocenters. The van der Waals surface area contributed by atoms with Gasteiger partial charge in [0.25, 0.3) is 0 Å². The maximum absolute atomic E-state index is 12.0. The quantitative estimate of drug-likeness (QED) is 0.185. The third-order valence-corrected chi connectivity index (χ3v) is 7.02. The van der Waals surface area contributed by atoms with Crippen molar-refractivity contribution in [2.75, 3.05) is 13.2 Å². The molecule has 2 aliphatic carbocycles. The van der Waals surface area contributed by atoms with E-state index in [2.05, 4.69) is 20.4 Å². The highest BCUT2D eigenvalue weighted by Gasteiger charge is 2.47. The maximum atomic E-state index is 12.0. The van der Waals surface area contributed by atoms with Crippen LogP contribution < -0.4 is 0 Å². The molecule has 0 aromatic carbocycles. The Morgan fingerprint density at radius 2 is 1.46 bits per heavy atom. The molecule has 2 saturated heterocycles. The van der Waals surface area contributed by atoms with Gasteiger partial charge in [0.2, 0.25) is 0 Å². The molecule has 6 heteroatoms. The van der Waals surface area contributed by atoms with Gasteiger partial charge in [0.1, 0.15) is 5.76 Å². The number of hydrogen-bond donors (Lipinski definition) is 0. The molecule has 0 aromatic rings. The van der Waals surface area contributed by atoms with Crippen molar-refractivity contribution in [1.82, 2.24) is 0 Å². The molecule has 0 radical (unpaired) electrons. The molecule has 2 heterocycles. The Bertz CT molecular complexity index is 577. The number of esters is 1. The number of ether oxygens (including phenoxy) is 3. The predicted molar refractivity (Wildman–Crippen MR) is 102 cm³/mol. The fourth-order valence-electron chi connectivity index (χ4n) is 4.78. The van der Waals surface area contributed by atoms with Crippen LogP contribution in [0.2, 0.25) is 0 Å². The van der Waals surface area contributed by atoms with Crippen molar-refractivity contribution < 1.29 is 28.8 Å². The van der Waals surface area contributed by atoms with Gasteiger partial charge in [0.05, 0.1) is 37.6 Å². The third-order valence-electron chi connectivity index (χ3n) is 7.02. The van der Waals surface area contributed by atoms with Crippen molar-refractivity contribution in [1.29, 1.82) is 0 Å². The Hall–Kier alpha value is -1.11. The lowest BCUT2D eigenvalue weighted by Gasteiger charge is -2.25. The zero-order chi connectivity index (χ0) is 19.7. The molecule has 4 fully saturated rings. The van der Waals surface area contributed by atoms with Gasteiger partial charge in [0, 0.05) is 12.8 Å². The van der Waals surface area contributed by atoms with Gasteiger partial charge in [-0.3, -0.25) is 4.79 Å². The first-order valence-electron chi connectivity index (χ1n) is 10.9. The summed E-state index contributed by atoms with van der Waals surface area (Å²) in [7, 11) is 0. The summed E-state index contributed by atoms with van der Waals surface area (Å²) in [6, 6.07) is 0. The van der Waals surface area contributed by atoms with Crippen LogP contribution in [0.5, 0.6) is 0 Å². The van der Waals surface area contributed by atoms with E-state index >= 15 is 0 Å². The molecular formula is C22H34O6. The van der Waals surface area contributed by atoms with Crippen LogP contribution in [0, 0.1) is 23.7 Å². The number of hydrogen-bond acceptors (Lipinski definition) is 6. The molecular weight excluding hydrogens is 360 g/mol. The lowest BCUT2D eigenvalue weighted by Crippen LogP contribution is -2.27. The van der Waals surface area contributed by atoms with Gasteiger partial charge >= 0.3 is 5.97 Å². The van der Waals surface area contributed by atoms with Crippen LogP contribution in [0.1, 0.15) is 58.8 Å². The van der Waals surface area contributed by atoms with Gasteiger partial charge in [-0.15, -0.1) is 0 Å². The monoisotopic (exact) mass is 394 g/mol. The first kappa shape index (κ1) is 20.2. The molecule has 0 amide bonds. The summed E-state index contributed by atoms with van der Waals surface area (Å²) in [6.45, 7) is 9.43. The minimum absolute atomic E-state index is 0.144. The fraction of sp³-hybridized carbons (Fsp3) is 0.864. The van der Waals surface area contributed by atoms with E-state index in [1.165, 1.54) is 0 Å². The van der Waals surface area contributed by atoms with Crippen molar-refractivity contribution in [3.63, 3.8) is 0 Å². The highest BCUT2D eigenvalue weighted by Crippen LogP contribution is 2.43. The van der Waals surface area contributed by atoms with Crippen LogP contribution in [0.3, 0.4) is 0 Å². The minimum Gasteiger partial charge on any atom is -0.465 e. The van der Waals surface area contributed by atoms with Gasteiger partial charge < -0.3 is 19.1 Å². The highest BCUT2D eigenvalue weighted by molar-refractivity contribution is 5.69. The fourth-order valence-corrected chi connectivity index (χ4v) is 4.78. The first-order chi connectivity index (χ1) is 13.5. The Labute approximate surface area is 167 Å². The second-order valence-corrected chi connectivity index (χ2v) is 9.29. The highest BCUT2D eigenvalue weighted by atomic mass is 17.2.